The fourth-order valence-corrected chi connectivity index (χ4v) is 2.47. The van der Waals surface area contributed by atoms with Gasteiger partial charge in [-0.25, -0.2) is 14.3 Å². The van der Waals surface area contributed by atoms with E-state index in [9.17, 15) is 18.4 Å². The van der Waals surface area contributed by atoms with Crippen LogP contribution in [-0.2, 0) is 22.9 Å². The highest BCUT2D eigenvalue weighted by Gasteiger charge is 2.27. The van der Waals surface area contributed by atoms with Gasteiger partial charge in [-0.3, -0.25) is 14.8 Å². The van der Waals surface area contributed by atoms with Crippen molar-refractivity contribution in [1.82, 2.24) is 10.0 Å². The van der Waals surface area contributed by atoms with E-state index in [0.717, 1.165) is 16.8 Å². The summed E-state index contributed by atoms with van der Waals surface area (Å²) < 4.78 is 51.4. The van der Waals surface area contributed by atoms with Crippen LogP contribution >= 0.6 is 0 Å². The Morgan fingerprint density at radius 1 is 1.28 bits per heavy atom. The van der Waals surface area contributed by atoms with Crippen LogP contribution in [0.25, 0.3) is 11.1 Å². The Morgan fingerprint density at radius 3 is 2.45 bits per heavy atom. The number of aryl methyl sites for hydroxylation is 1. The van der Waals surface area contributed by atoms with Crippen LogP contribution in [0.15, 0.2) is 35.3 Å². The Bertz CT molecular complexity index is 971. The summed E-state index contributed by atoms with van der Waals surface area (Å²) in [6, 6.07) is 5.26. The zero-order valence-electron chi connectivity index (χ0n) is 15.9. The van der Waals surface area contributed by atoms with Crippen LogP contribution < -0.4 is 15.8 Å². The summed E-state index contributed by atoms with van der Waals surface area (Å²) in [6.45, 7) is 3.22. The third-order valence-electron chi connectivity index (χ3n) is 4.24. The van der Waals surface area contributed by atoms with Gasteiger partial charge in [0.15, 0.2) is 11.6 Å². The maximum Gasteiger partial charge on any atom is 0.335 e. The van der Waals surface area contributed by atoms with Gasteiger partial charge in [0.05, 0.1) is 7.11 Å². The number of ether oxygens (including phenoxy) is 1. The molecule has 0 aliphatic heterocycles. The minimum absolute atomic E-state index is 0.0526. The molecule has 0 fully saturated rings. The predicted molar refractivity (Wildman–Crippen MR) is 99.9 cm³/mol. The second-order valence-corrected chi connectivity index (χ2v) is 6.67. The van der Waals surface area contributed by atoms with Crippen molar-refractivity contribution in [3.05, 3.63) is 52.5 Å². The molecule has 0 atom stereocenters. The number of benzene rings is 1. The predicted octanol–water partition coefficient (Wildman–Crippen LogP) is 2.05. The molecule has 29 heavy (non-hydrogen) atoms. The minimum atomic E-state index is -0.956. The number of amides is 1. The van der Waals surface area contributed by atoms with Crippen molar-refractivity contribution < 1.29 is 31.9 Å². The Balaban J connectivity index is 0.00000132. The summed E-state index contributed by atoms with van der Waals surface area (Å²) in [4.78, 5) is 23.8. The van der Waals surface area contributed by atoms with E-state index < -0.39 is 40.1 Å². The lowest BCUT2D eigenvalue weighted by Crippen LogP contribution is -2.36. The van der Waals surface area contributed by atoms with E-state index in [2.05, 4.69) is 0 Å². The first-order chi connectivity index (χ1) is 13.6. The first-order valence-corrected chi connectivity index (χ1v) is 8.88. The molecule has 1 heterocycles. The largest absolute Gasteiger partial charge is 0.494 e. The van der Waals surface area contributed by atoms with Gasteiger partial charge in [0.2, 0.25) is 5.91 Å². The third kappa shape index (κ3) is 6.03. The first-order valence-electron chi connectivity index (χ1n) is 8.22. The van der Waals surface area contributed by atoms with Crippen molar-refractivity contribution >= 4 is 17.5 Å². The molecule has 2 aromatic rings. The van der Waals surface area contributed by atoms with Crippen molar-refractivity contribution in [2.75, 3.05) is 7.11 Å². The number of nitrogens with zero attached hydrogens (tertiary/aromatic N) is 1. The highest BCUT2D eigenvalue weighted by Crippen LogP contribution is 2.30. The molecule has 0 bridgehead atoms. The molecule has 1 amide bonds. The van der Waals surface area contributed by atoms with E-state index in [1.807, 2.05) is 0 Å². The van der Waals surface area contributed by atoms with Crippen molar-refractivity contribution in [1.29, 1.82) is 0 Å². The van der Waals surface area contributed by atoms with Gasteiger partial charge in [0, 0.05) is 35.3 Å². The van der Waals surface area contributed by atoms with Crippen molar-refractivity contribution in [3.63, 3.8) is 0 Å². The highest BCUT2D eigenvalue weighted by atomic mass is 32.1. The second-order valence-electron chi connectivity index (χ2n) is 6.53. The number of halogens is 2. The quantitative estimate of drug-likeness (QED) is 0.536. The topological polar surface area (TPSA) is 115 Å². The summed E-state index contributed by atoms with van der Waals surface area (Å²) in [5.74, 6) is -2.20. The molecule has 158 valence electrons. The summed E-state index contributed by atoms with van der Waals surface area (Å²) in [7, 11) is 1.29. The normalized spacial score (nSPS) is 10.6. The Morgan fingerprint density at radius 2 is 1.90 bits per heavy atom. The zero-order valence-corrected chi connectivity index (χ0v) is 16.7. The summed E-state index contributed by atoms with van der Waals surface area (Å²) in [6.07, 6.45) is 1.16. The lowest BCUT2D eigenvalue weighted by atomic mass is 9.88. The number of carbonyl (C=O) groups is 1. The third-order valence-corrected chi connectivity index (χ3v) is 4.24. The van der Waals surface area contributed by atoms with E-state index in [1.165, 1.54) is 25.3 Å². The maximum atomic E-state index is 14.5. The lowest BCUT2D eigenvalue weighted by Gasteiger charge is -2.22. The minimum Gasteiger partial charge on any atom is -0.494 e. The van der Waals surface area contributed by atoms with Crippen LogP contribution in [0, 0.1) is 17.0 Å². The van der Waals surface area contributed by atoms with Crippen LogP contribution in [0.4, 0.5) is 8.78 Å². The smallest absolute Gasteiger partial charge is 0.335 e. The number of pyridine rings is 1. The number of aromatic nitrogens is 1. The molecule has 0 radical (unpaired) electrons. The van der Waals surface area contributed by atoms with E-state index in [1.54, 1.807) is 19.3 Å². The molecule has 0 unspecified atom stereocenters. The summed E-state index contributed by atoms with van der Waals surface area (Å²) >= 11 is -0.750. The number of carbonyl (C=O) groups excluding carboxylic acids is 1. The van der Waals surface area contributed by atoms with Gasteiger partial charge in [0.25, 0.3) is 5.56 Å². The number of hydrogen-bond acceptors (Lipinski definition) is 6. The molecular weight excluding hydrogens is 410 g/mol. The van der Waals surface area contributed by atoms with Crippen LogP contribution in [0.5, 0.6) is 5.75 Å². The molecule has 0 aliphatic rings. The SMILES string of the molecule is COc1cccc(-c2cc(=O)n(CCC(C)(C)C(=O)NO)cc2F)c1F.O=S=O. The number of methoxy groups -OCH3 is 1. The van der Waals surface area contributed by atoms with Gasteiger partial charge in [0.1, 0.15) is 5.82 Å². The van der Waals surface area contributed by atoms with Gasteiger partial charge in [-0.05, 0) is 12.5 Å². The summed E-state index contributed by atoms with van der Waals surface area (Å²) in [5.41, 5.74) is -0.182. The fourth-order valence-electron chi connectivity index (χ4n) is 2.47. The molecule has 0 saturated carbocycles. The number of hydroxylamine groups is 1. The van der Waals surface area contributed by atoms with Gasteiger partial charge in [-0.15, -0.1) is 0 Å². The number of hydrogen-bond donors (Lipinski definition) is 2. The van der Waals surface area contributed by atoms with Gasteiger partial charge in [-0.2, -0.15) is 8.42 Å². The summed E-state index contributed by atoms with van der Waals surface area (Å²) in [5, 5.41) is 8.72. The van der Waals surface area contributed by atoms with Gasteiger partial charge >= 0.3 is 11.6 Å². The molecule has 0 spiro atoms. The lowest BCUT2D eigenvalue weighted by molar-refractivity contribution is -0.138. The van der Waals surface area contributed by atoms with Crippen molar-refractivity contribution in [2.24, 2.45) is 5.41 Å². The molecule has 0 aliphatic carbocycles. The first kappa shape index (κ1) is 24.1. The Hall–Kier alpha value is -2.92. The number of nitrogens with one attached hydrogen (secondary N) is 1. The molecule has 11 heteroatoms. The average molecular weight is 430 g/mol. The molecule has 1 aromatic carbocycles. The standard InChI is InChI=1S/C18H20F2N2O4.O2S/c1-18(2,17(24)21-25)7-8-22-10-13(19)12(9-15(22)23)11-5-4-6-14(26-3)16(11)20;1-3-2/h4-6,9-10,25H,7-8H2,1-3H3,(H,21,24);. The van der Waals surface area contributed by atoms with Crippen LogP contribution in [-0.4, -0.2) is 31.2 Å². The molecule has 0 saturated heterocycles. The van der Waals surface area contributed by atoms with E-state index in [4.69, 9.17) is 18.4 Å². The zero-order chi connectivity index (χ0) is 22.2. The van der Waals surface area contributed by atoms with E-state index in [-0.39, 0.29) is 29.8 Å². The maximum absolute atomic E-state index is 14.5. The van der Waals surface area contributed by atoms with Crippen LogP contribution in [0.1, 0.15) is 20.3 Å². The van der Waals surface area contributed by atoms with Crippen molar-refractivity contribution in [2.45, 2.75) is 26.8 Å². The van der Waals surface area contributed by atoms with E-state index in [0.29, 0.717) is 0 Å². The Labute approximate surface area is 168 Å². The molecule has 2 rings (SSSR count). The van der Waals surface area contributed by atoms with Crippen LogP contribution in [0.2, 0.25) is 0 Å². The molecule has 8 nitrogen and oxygen atoms in total. The second kappa shape index (κ2) is 10.6. The highest BCUT2D eigenvalue weighted by molar-refractivity contribution is 7.51. The Kier molecular flexibility index (Phi) is 8.80. The average Bonchev–Trinajstić information content (AvgIpc) is 2.68. The molecule has 2 N–H and O–H groups in total. The molecule has 1 aromatic heterocycles. The van der Waals surface area contributed by atoms with E-state index >= 15 is 0 Å². The van der Waals surface area contributed by atoms with Gasteiger partial charge in [-0.1, -0.05) is 26.0 Å². The fraction of sp³-hybridized carbons (Fsp3) is 0.333. The van der Waals surface area contributed by atoms with Crippen molar-refractivity contribution in [3.8, 4) is 16.9 Å². The van der Waals surface area contributed by atoms with Gasteiger partial charge < -0.3 is 9.30 Å². The molecular formula is C18H20F2N2O6S. The monoisotopic (exact) mass is 430 g/mol. The number of rotatable bonds is 6. The van der Waals surface area contributed by atoms with Crippen LogP contribution in [0.3, 0.4) is 0 Å².